The fourth-order valence-electron chi connectivity index (χ4n) is 1.77. The zero-order valence-corrected chi connectivity index (χ0v) is 12.7. The first-order valence-electron chi connectivity index (χ1n) is 6.87. The van der Waals surface area contributed by atoms with E-state index in [9.17, 15) is 4.79 Å². The molecular weight excluding hydrogens is 272 g/mol. The molecular formula is C14H20N4OS. The predicted molar refractivity (Wildman–Crippen MR) is 82.0 cm³/mol. The highest BCUT2D eigenvalue weighted by Crippen LogP contribution is 2.22. The molecule has 0 saturated carbocycles. The van der Waals surface area contributed by atoms with Crippen LogP contribution >= 0.6 is 11.3 Å². The lowest BCUT2D eigenvalue weighted by atomic mass is 10.2. The van der Waals surface area contributed by atoms with Gasteiger partial charge in [-0.1, -0.05) is 25.2 Å². The summed E-state index contributed by atoms with van der Waals surface area (Å²) in [4.78, 5) is 13.7. The van der Waals surface area contributed by atoms with Crippen molar-refractivity contribution < 1.29 is 0 Å². The molecule has 0 aliphatic carbocycles. The molecule has 0 spiro atoms. The van der Waals surface area contributed by atoms with Gasteiger partial charge in [-0.25, -0.2) is 0 Å². The van der Waals surface area contributed by atoms with E-state index in [0.29, 0.717) is 5.92 Å². The van der Waals surface area contributed by atoms with Gasteiger partial charge in [-0.15, -0.1) is 10.2 Å². The largest absolute Gasteiger partial charge is 0.328 e. The van der Waals surface area contributed by atoms with Crippen LogP contribution in [0.2, 0.25) is 0 Å². The molecule has 108 valence electrons. The third kappa shape index (κ3) is 4.54. The van der Waals surface area contributed by atoms with E-state index in [4.69, 9.17) is 0 Å². The molecule has 0 aromatic carbocycles. The number of pyridine rings is 1. The Morgan fingerprint density at radius 1 is 1.35 bits per heavy atom. The Labute approximate surface area is 122 Å². The zero-order chi connectivity index (χ0) is 14.4. The van der Waals surface area contributed by atoms with Crippen molar-refractivity contribution >= 4 is 11.3 Å². The SMILES string of the molecule is CC(C)CNCCCc1nnc(-c2ccc(=O)[nH]c2)s1. The van der Waals surface area contributed by atoms with Crippen LogP contribution in [-0.4, -0.2) is 28.3 Å². The van der Waals surface area contributed by atoms with Gasteiger partial charge in [-0.2, -0.15) is 0 Å². The molecule has 0 fully saturated rings. The van der Waals surface area contributed by atoms with Crippen LogP contribution in [0.1, 0.15) is 25.3 Å². The summed E-state index contributed by atoms with van der Waals surface area (Å²) in [7, 11) is 0. The molecule has 0 saturated heterocycles. The third-order valence-corrected chi connectivity index (χ3v) is 3.83. The van der Waals surface area contributed by atoms with Crippen molar-refractivity contribution in [1.29, 1.82) is 0 Å². The van der Waals surface area contributed by atoms with Gasteiger partial charge in [0.2, 0.25) is 5.56 Å². The van der Waals surface area contributed by atoms with Gasteiger partial charge in [-0.05, 0) is 31.5 Å². The van der Waals surface area contributed by atoms with Gasteiger partial charge in [0.1, 0.15) is 10.0 Å². The van der Waals surface area contributed by atoms with E-state index in [1.165, 1.54) is 6.07 Å². The average Bonchev–Trinajstić information content (AvgIpc) is 2.87. The molecule has 2 aromatic heterocycles. The maximum atomic E-state index is 11.0. The molecule has 5 nitrogen and oxygen atoms in total. The smallest absolute Gasteiger partial charge is 0.247 e. The molecule has 2 aromatic rings. The Hall–Kier alpha value is -1.53. The van der Waals surface area contributed by atoms with Crippen LogP contribution in [0, 0.1) is 5.92 Å². The molecule has 0 aliphatic heterocycles. The number of aromatic amines is 1. The summed E-state index contributed by atoms with van der Waals surface area (Å²) in [5.74, 6) is 0.684. The Morgan fingerprint density at radius 3 is 2.90 bits per heavy atom. The molecule has 0 atom stereocenters. The Bertz CT molecular complexity index is 570. The standard InChI is InChI=1S/C14H20N4OS/c1-10(2)8-15-7-3-4-13-17-18-14(20-13)11-5-6-12(19)16-9-11/h5-6,9-10,15H,3-4,7-8H2,1-2H3,(H,16,19). The number of nitrogens with zero attached hydrogens (tertiary/aromatic N) is 2. The Balaban J connectivity index is 1.83. The summed E-state index contributed by atoms with van der Waals surface area (Å²) < 4.78 is 0. The molecule has 2 rings (SSSR count). The minimum absolute atomic E-state index is 0.102. The van der Waals surface area contributed by atoms with Crippen LogP contribution in [0.4, 0.5) is 0 Å². The topological polar surface area (TPSA) is 70.7 Å². The van der Waals surface area contributed by atoms with E-state index in [2.05, 4.69) is 34.3 Å². The highest BCUT2D eigenvalue weighted by atomic mass is 32.1. The Morgan fingerprint density at radius 2 is 2.20 bits per heavy atom. The number of H-pyrrole nitrogens is 1. The van der Waals surface area contributed by atoms with E-state index in [0.717, 1.165) is 41.5 Å². The van der Waals surface area contributed by atoms with E-state index in [1.807, 2.05) is 0 Å². The van der Waals surface area contributed by atoms with Crippen LogP contribution in [0.3, 0.4) is 0 Å². The molecule has 0 radical (unpaired) electrons. The second-order valence-corrected chi connectivity index (χ2v) is 6.21. The molecule has 0 bridgehead atoms. The van der Waals surface area contributed by atoms with Gasteiger partial charge >= 0.3 is 0 Å². The van der Waals surface area contributed by atoms with Crippen LogP contribution in [0.5, 0.6) is 0 Å². The number of aryl methyl sites for hydroxylation is 1. The maximum Gasteiger partial charge on any atom is 0.247 e. The molecule has 20 heavy (non-hydrogen) atoms. The first-order valence-corrected chi connectivity index (χ1v) is 7.69. The number of nitrogens with one attached hydrogen (secondary N) is 2. The molecule has 6 heteroatoms. The number of rotatable bonds is 7. The van der Waals surface area contributed by atoms with E-state index >= 15 is 0 Å². The monoisotopic (exact) mass is 292 g/mol. The highest BCUT2D eigenvalue weighted by Gasteiger charge is 2.06. The fourth-order valence-corrected chi connectivity index (χ4v) is 2.65. The summed E-state index contributed by atoms with van der Waals surface area (Å²) in [6.45, 7) is 6.47. The molecule has 2 N–H and O–H groups in total. The van der Waals surface area contributed by atoms with Gasteiger partial charge in [0.05, 0.1) is 0 Å². The number of aromatic nitrogens is 3. The van der Waals surface area contributed by atoms with Crippen LogP contribution in [0.15, 0.2) is 23.1 Å². The van der Waals surface area contributed by atoms with Crippen molar-refractivity contribution in [2.24, 2.45) is 5.92 Å². The fraction of sp³-hybridized carbons (Fsp3) is 0.500. The lowest BCUT2D eigenvalue weighted by molar-refractivity contribution is 0.542. The normalized spacial score (nSPS) is 11.2. The van der Waals surface area contributed by atoms with Gasteiger partial charge in [0.25, 0.3) is 0 Å². The van der Waals surface area contributed by atoms with Gasteiger partial charge in [-0.3, -0.25) is 4.79 Å². The number of hydrogen-bond donors (Lipinski definition) is 2. The van der Waals surface area contributed by atoms with Gasteiger partial charge in [0.15, 0.2) is 0 Å². The summed E-state index contributed by atoms with van der Waals surface area (Å²) in [6, 6.07) is 3.28. The van der Waals surface area contributed by atoms with Crippen LogP contribution < -0.4 is 10.9 Å². The predicted octanol–water partition coefficient (Wildman–Crippen LogP) is 2.07. The van der Waals surface area contributed by atoms with Gasteiger partial charge in [0, 0.05) is 24.2 Å². The molecule has 0 amide bonds. The van der Waals surface area contributed by atoms with E-state index in [1.54, 1.807) is 23.6 Å². The van der Waals surface area contributed by atoms with Crippen molar-refractivity contribution in [2.45, 2.75) is 26.7 Å². The lowest BCUT2D eigenvalue weighted by Crippen LogP contribution is -2.21. The Kier molecular flexibility index (Phi) is 5.43. The van der Waals surface area contributed by atoms with E-state index in [-0.39, 0.29) is 5.56 Å². The van der Waals surface area contributed by atoms with Crippen molar-refractivity contribution in [3.8, 4) is 10.6 Å². The molecule has 0 aliphatic rings. The first kappa shape index (κ1) is 14.9. The summed E-state index contributed by atoms with van der Waals surface area (Å²) in [5.41, 5.74) is 0.806. The maximum absolute atomic E-state index is 11.0. The summed E-state index contributed by atoms with van der Waals surface area (Å²) in [6.07, 6.45) is 3.68. The van der Waals surface area contributed by atoms with Crippen LogP contribution in [-0.2, 0) is 6.42 Å². The minimum Gasteiger partial charge on any atom is -0.328 e. The second kappa shape index (κ2) is 7.31. The van der Waals surface area contributed by atoms with Crippen molar-refractivity contribution in [3.05, 3.63) is 33.7 Å². The second-order valence-electron chi connectivity index (χ2n) is 5.14. The minimum atomic E-state index is -0.102. The number of hydrogen-bond acceptors (Lipinski definition) is 5. The molecule has 0 unspecified atom stereocenters. The van der Waals surface area contributed by atoms with Crippen molar-refractivity contribution in [3.63, 3.8) is 0 Å². The molecule has 2 heterocycles. The summed E-state index contributed by atoms with van der Waals surface area (Å²) >= 11 is 1.58. The average molecular weight is 292 g/mol. The summed E-state index contributed by atoms with van der Waals surface area (Å²) in [5, 5.41) is 13.7. The third-order valence-electron chi connectivity index (χ3n) is 2.79. The quantitative estimate of drug-likeness (QED) is 0.766. The highest BCUT2D eigenvalue weighted by molar-refractivity contribution is 7.14. The van der Waals surface area contributed by atoms with Crippen molar-refractivity contribution in [1.82, 2.24) is 20.5 Å². The van der Waals surface area contributed by atoms with Crippen LogP contribution in [0.25, 0.3) is 10.6 Å². The lowest BCUT2D eigenvalue weighted by Gasteiger charge is -2.05. The van der Waals surface area contributed by atoms with Crippen molar-refractivity contribution in [2.75, 3.05) is 13.1 Å². The van der Waals surface area contributed by atoms with E-state index < -0.39 is 0 Å². The first-order chi connectivity index (χ1) is 9.65. The van der Waals surface area contributed by atoms with Gasteiger partial charge < -0.3 is 10.3 Å². The zero-order valence-electron chi connectivity index (χ0n) is 11.8.